The summed E-state index contributed by atoms with van der Waals surface area (Å²) in [5.74, 6) is 0.0682. The lowest BCUT2D eigenvalue weighted by molar-refractivity contribution is -0.142. The first-order valence-corrected chi connectivity index (χ1v) is 10.7. The van der Waals surface area contributed by atoms with E-state index in [2.05, 4.69) is 9.80 Å². The quantitative estimate of drug-likeness (QED) is 0.639. The molecule has 0 radical (unpaired) electrons. The SMILES string of the molecule is Cc1cc(C[C@@H](O)C(=O)N2CCN(C3CCN(CCO)CC3)CC2)cc(C)c1O. The second kappa shape index (κ2) is 9.89. The summed E-state index contributed by atoms with van der Waals surface area (Å²) >= 11 is 0. The van der Waals surface area contributed by atoms with Crippen LogP contribution in [0.4, 0.5) is 0 Å². The van der Waals surface area contributed by atoms with Crippen LogP contribution in [0.1, 0.15) is 29.5 Å². The number of likely N-dealkylation sites (tertiary alicyclic amines) is 1. The van der Waals surface area contributed by atoms with Crippen LogP contribution in [-0.2, 0) is 11.2 Å². The summed E-state index contributed by atoms with van der Waals surface area (Å²) in [5, 5.41) is 29.4. The maximum atomic E-state index is 12.7. The van der Waals surface area contributed by atoms with Crippen molar-refractivity contribution in [3.63, 3.8) is 0 Å². The van der Waals surface area contributed by atoms with E-state index in [1.54, 1.807) is 4.90 Å². The van der Waals surface area contributed by atoms with Crippen molar-refractivity contribution in [1.82, 2.24) is 14.7 Å². The van der Waals surface area contributed by atoms with Crippen molar-refractivity contribution in [3.8, 4) is 5.75 Å². The van der Waals surface area contributed by atoms with E-state index in [0.717, 1.165) is 62.3 Å². The fourth-order valence-corrected chi connectivity index (χ4v) is 4.64. The molecule has 1 aromatic rings. The Morgan fingerprint density at radius 2 is 1.66 bits per heavy atom. The summed E-state index contributed by atoms with van der Waals surface area (Å²) in [7, 11) is 0. The average Bonchev–Trinajstić information content (AvgIpc) is 2.72. The normalized spacial score (nSPS) is 20.8. The van der Waals surface area contributed by atoms with E-state index in [1.165, 1.54) is 0 Å². The molecule has 0 spiro atoms. The predicted molar refractivity (Wildman–Crippen MR) is 112 cm³/mol. The standard InChI is InChI=1S/C22H35N3O4/c1-16-13-18(14-17(2)21(16)28)15-20(27)22(29)25-9-7-24(8-10-25)19-3-5-23(6-4-19)11-12-26/h13-14,19-20,26-28H,3-12,15H2,1-2H3/t20-/m1/s1. The molecule has 7 heteroatoms. The molecule has 3 rings (SSSR count). The number of aromatic hydroxyl groups is 1. The number of phenolic OH excluding ortho intramolecular Hbond substituents is 1. The lowest BCUT2D eigenvalue weighted by atomic mass is 10.00. The van der Waals surface area contributed by atoms with E-state index in [1.807, 2.05) is 26.0 Å². The fourth-order valence-electron chi connectivity index (χ4n) is 4.64. The van der Waals surface area contributed by atoms with Gasteiger partial charge in [0.05, 0.1) is 6.61 Å². The maximum absolute atomic E-state index is 12.7. The highest BCUT2D eigenvalue weighted by Crippen LogP contribution is 2.24. The molecule has 3 N–H and O–H groups in total. The molecule has 2 aliphatic heterocycles. The minimum Gasteiger partial charge on any atom is -0.507 e. The summed E-state index contributed by atoms with van der Waals surface area (Å²) in [6.45, 7) is 9.68. The van der Waals surface area contributed by atoms with E-state index in [4.69, 9.17) is 5.11 Å². The van der Waals surface area contributed by atoms with Gasteiger partial charge in [0, 0.05) is 45.2 Å². The number of hydrogen-bond acceptors (Lipinski definition) is 6. The Bertz CT molecular complexity index is 672. The van der Waals surface area contributed by atoms with E-state index in [-0.39, 0.29) is 24.7 Å². The first-order valence-electron chi connectivity index (χ1n) is 10.7. The number of aliphatic hydroxyl groups is 2. The zero-order valence-corrected chi connectivity index (χ0v) is 17.7. The molecule has 0 saturated carbocycles. The Morgan fingerprint density at radius 1 is 1.07 bits per heavy atom. The van der Waals surface area contributed by atoms with Crippen LogP contribution in [0, 0.1) is 13.8 Å². The number of benzene rings is 1. The second-order valence-corrected chi connectivity index (χ2v) is 8.46. The summed E-state index contributed by atoms with van der Waals surface area (Å²) in [4.78, 5) is 19.3. The van der Waals surface area contributed by atoms with Crippen LogP contribution in [0.3, 0.4) is 0 Å². The number of hydrogen-bond donors (Lipinski definition) is 3. The van der Waals surface area contributed by atoms with Crippen molar-refractivity contribution in [3.05, 3.63) is 28.8 Å². The first kappa shape index (κ1) is 22.0. The molecule has 7 nitrogen and oxygen atoms in total. The molecule has 0 aliphatic carbocycles. The summed E-state index contributed by atoms with van der Waals surface area (Å²) < 4.78 is 0. The molecular weight excluding hydrogens is 370 g/mol. The molecule has 0 unspecified atom stereocenters. The molecule has 0 bridgehead atoms. The first-order chi connectivity index (χ1) is 13.9. The number of phenols is 1. The van der Waals surface area contributed by atoms with Gasteiger partial charge in [-0.2, -0.15) is 0 Å². The van der Waals surface area contributed by atoms with Gasteiger partial charge in [0.25, 0.3) is 5.91 Å². The zero-order chi connectivity index (χ0) is 21.0. The van der Waals surface area contributed by atoms with Crippen LogP contribution in [0.15, 0.2) is 12.1 Å². The smallest absolute Gasteiger partial charge is 0.251 e. The summed E-state index contributed by atoms with van der Waals surface area (Å²) in [5.41, 5.74) is 2.39. The molecule has 2 saturated heterocycles. The number of aryl methyl sites for hydroxylation is 2. The van der Waals surface area contributed by atoms with E-state index < -0.39 is 6.10 Å². The van der Waals surface area contributed by atoms with Crippen molar-refractivity contribution in [2.75, 3.05) is 52.4 Å². The molecule has 2 fully saturated rings. The number of β-amino-alcohol motifs (C(OH)–C–C–N with tert-alkyl or cyclic N) is 1. The van der Waals surface area contributed by atoms with Crippen molar-refractivity contribution in [2.24, 2.45) is 0 Å². The molecule has 1 aromatic carbocycles. The maximum Gasteiger partial charge on any atom is 0.251 e. The molecular formula is C22H35N3O4. The van der Waals surface area contributed by atoms with E-state index in [0.29, 0.717) is 19.1 Å². The van der Waals surface area contributed by atoms with Gasteiger partial charge in [0.15, 0.2) is 0 Å². The third kappa shape index (κ3) is 5.48. The van der Waals surface area contributed by atoms with Gasteiger partial charge in [0.2, 0.25) is 0 Å². The van der Waals surface area contributed by atoms with Crippen molar-refractivity contribution in [1.29, 1.82) is 0 Å². The number of carbonyl (C=O) groups excluding carboxylic acids is 1. The molecule has 29 heavy (non-hydrogen) atoms. The molecule has 2 aliphatic rings. The monoisotopic (exact) mass is 405 g/mol. The van der Waals surface area contributed by atoms with Crippen LogP contribution in [0.25, 0.3) is 0 Å². The number of piperidine rings is 1. The summed E-state index contributed by atoms with van der Waals surface area (Å²) in [6, 6.07) is 4.22. The Morgan fingerprint density at radius 3 is 2.21 bits per heavy atom. The number of carbonyl (C=O) groups is 1. The van der Waals surface area contributed by atoms with Crippen molar-refractivity contribution >= 4 is 5.91 Å². The molecule has 2 heterocycles. The van der Waals surface area contributed by atoms with Crippen molar-refractivity contribution < 1.29 is 20.1 Å². The number of nitrogens with zero attached hydrogens (tertiary/aromatic N) is 3. The lowest BCUT2D eigenvalue weighted by Gasteiger charge is -2.43. The minimum atomic E-state index is -1.05. The van der Waals surface area contributed by atoms with Gasteiger partial charge in [0.1, 0.15) is 11.9 Å². The van der Waals surface area contributed by atoms with Gasteiger partial charge in [-0.05, 0) is 56.5 Å². The van der Waals surface area contributed by atoms with Crippen LogP contribution >= 0.6 is 0 Å². The number of piperazine rings is 1. The topological polar surface area (TPSA) is 87.5 Å². The number of amides is 1. The van der Waals surface area contributed by atoms with Crippen LogP contribution in [0.5, 0.6) is 5.75 Å². The third-order valence-electron chi connectivity index (χ3n) is 6.38. The lowest BCUT2D eigenvalue weighted by Crippen LogP contribution is -2.56. The number of aliphatic hydroxyl groups excluding tert-OH is 2. The Balaban J connectivity index is 1.47. The van der Waals surface area contributed by atoms with E-state index >= 15 is 0 Å². The molecule has 0 aromatic heterocycles. The van der Waals surface area contributed by atoms with E-state index in [9.17, 15) is 15.0 Å². The highest BCUT2D eigenvalue weighted by Gasteiger charge is 2.30. The third-order valence-corrected chi connectivity index (χ3v) is 6.38. The average molecular weight is 406 g/mol. The highest BCUT2D eigenvalue weighted by atomic mass is 16.3. The molecule has 1 atom stereocenters. The zero-order valence-electron chi connectivity index (χ0n) is 17.7. The van der Waals surface area contributed by atoms with Crippen LogP contribution in [-0.4, -0.2) is 100 Å². The highest BCUT2D eigenvalue weighted by molar-refractivity contribution is 5.81. The summed E-state index contributed by atoms with van der Waals surface area (Å²) in [6.07, 6.45) is 1.43. The largest absolute Gasteiger partial charge is 0.507 e. The van der Waals surface area contributed by atoms with Gasteiger partial charge in [-0.3, -0.25) is 9.69 Å². The van der Waals surface area contributed by atoms with Gasteiger partial charge in [-0.25, -0.2) is 0 Å². The fraction of sp³-hybridized carbons (Fsp3) is 0.682. The van der Waals surface area contributed by atoms with Gasteiger partial charge in [-0.1, -0.05) is 12.1 Å². The Labute approximate surface area is 173 Å². The van der Waals surface area contributed by atoms with Crippen molar-refractivity contribution in [2.45, 2.75) is 45.3 Å². The van der Waals surface area contributed by atoms with Gasteiger partial charge < -0.3 is 25.1 Å². The minimum absolute atomic E-state index is 0.203. The Kier molecular flexibility index (Phi) is 7.51. The van der Waals surface area contributed by atoms with Crippen LogP contribution < -0.4 is 0 Å². The second-order valence-electron chi connectivity index (χ2n) is 8.46. The van der Waals surface area contributed by atoms with Gasteiger partial charge in [-0.15, -0.1) is 0 Å². The predicted octanol–water partition coefficient (Wildman–Crippen LogP) is 0.513. The van der Waals surface area contributed by atoms with Gasteiger partial charge >= 0.3 is 0 Å². The Hall–Kier alpha value is -1.67. The number of rotatable bonds is 6. The molecule has 1 amide bonds. The molecule has 162 valence electrons. The van der Waals surface area contributed by atoms with Crippen LogP contribution in [0.2, 0.25) is 0 Å².